The average Bonchev–Trinajstić information content (AvgIpc) is 2.92. The zero-order chi connectivity index (χ0) is 19.4. The maximum absolute atomic E-state index is 6.33. The van der Waals surface area contributed by atoms with Crippen LogP contribution >= 0.6 is 0 Å². The Hall–Kier alpha value is -1.47. The predicted molar refractivity (Wildman–Crippen MR) is 102 cm³/mol. The Balaban J connectivity index is 1.41. The van der Waals surface area contributed by atoms with Gasteiger partial charge in [-0.05, 0) is 43.6 Å². The number of ether oxygens (including phenoxy) is 2. The van der Waals surface area contributed by atoms with Gasteiger partial charge in [-0.15, -0.1) is 0 Å². The molecule has 0 N–H and O–H groups in total. The lowest BCUT2D eigenvalue weighted by Gasteiger charge is -2.59. The van der Waals surface area contributed by atoms with E-state index in [0.29, 0.717) is 11.8 Å². The van der Waals surface area contributed by atoms with E-state index >= 15 is 0 Å². The van der Waals surface area contributed by atoms with Crippen molar-refractivity contribution in [3.05, 3.63) is 35.9 Å². The topological polar surface area (TPSA) is 58.5 Å². The largest absolute Gasteiger partial charge is 0.363 e. The van der Waals surface area contributed by atoms with Crippen LogP contribution in [0.5, 0.6) is 0 Å². The second kappa shape index (κ2) is 6.80. The minimum atomic E-state index is -0.768. The third-order valence-electron chi connectivity index (χ3n) is 7.26. The molecule has 4 saturated heterocycles. The van der Waals surface area contributed by atoms with Gasteiger partial charge in [0.05, 0.1) is 6.21 Å². The number of fused-ring (bicyclic) bond motifs is 2. The van der Waals surface area contributed by atoms with E-state index in [4.69, 9.17) is 24.1 Å². The van der Waals surface area contributed by atoms with Crippen molar-refractivity contribution in [1.82, 2.24) is 0 Å². The summed E-state index contributed by atoms with van der Waals surface area (Å²) in [6, 6.07) is 9.90. The van der Waals surface area contributed by atoms with Crippen LogP contribution in [-0.2, 0) is 24.1 Å². The minimum absolute atomic E-state index is 0.119. The number of hydrogen-bond acceptors (Lipinski definition) is 6. The van der Waals surface area contributed by atoms with E-state index in [0.717, 1.165) is 24.8 Å². The molecule has 1 aromatic rings. The fraction of sp³-hybridized carbons (Fsp3) is 0.682. The molecular weight excluding hydrogens is 358 g/mol. The van der Waals surface area contributed by atoms with Crippen LogP contribution in [0.1, 0.15) is 52.0 Å². The third kappa shape index (κ3) is 2.81. The molecule has 6 heteroatoms. The number of nitrogens with zero attached hydrogens (tertiary/aromatic N) is 1. The maximum Gasteiger partial charge on any atom is 0.232 e. The van der Waals surface area contributed by atoms with Crippen LogP contribution in [0.3, 0.4) is 0 Å². The van der Waals surface area contributed by atoms with Gasteiger partial charge in [0.25, 0.3) is 0 Å². The second-order valence-corrected chi connectivity index (χ2v) is 9.02. The first-order chi connectivity index (χ1) is 13.5. The molecule has 6 rings (SSSR count). The monoisotopic (exact) mass is 387 g/mol. The van der Waals surface area contributed by atoms with Crippen LogP contribution in [0.2, 0.25) is 0 Å². The van der Waals surface area contributed by atoms with Crippen molar-refractivity contribution in [2.24, 2.45) is 28.8 Å². The fourth-order valence-electron chi connectivity index (χ4n) is 5.68. The summed E-state index contributed by atoms with van der Waals surface area (Å²) < 4.78 is 12.7. The summed E-state index contributed by atoms with van der Waals surface area (Å²) in [6.07, 6.45) is 4.80. The number of rotatable bonds is 3. The smallest absolute Gasteiger partial charge is 0.232 e. The number of hydrogen-bond donors (Lipinski definition) is 0. The Morgan fingerprint density at radius 3 is 2.71 bits per heavy atom. The van der Waals surface area contributed by atoms with Gasteiger partial charge in [0.15, 0.2) is 11.9 Å². The molecule has 5 fully saturated rings. The van der Waals surface area contributed by atoms with Crippen LogP contribution in [0.15, 0.2) is 35.5 Å². The molecule has 152 valence electrons. The van der Waals surface area contributed by atoms with E-state index in [1.165, 1.54) is 6.42 Å². The molecule has 0 aromatic heterocycles. The molecule has 4 heterocycles. The molecule has 5 aliphatic rings. The first-order valence-corrected chi connectivity index (χ1v) is 10.5. The Labute approximate surface area is 166 Å². The molecule has 8 atom stereocenters. The summed E-state index contributed by atoms with van der Waals surface area (Å²) >= 11 is 0. The van der Waals surface area contributed by atoms with Crippen molar-refractivity contribution in [1.29, 1.82) is 0 Å². The fourth-order valence-corrected chi connectivity index (χ4v) is 5.68. The van der Waals surface area contributed by atoms with E-state index in [1.807, 2.05) is 37.3 Å². The zero-order valence-corrected chi connectivity index (χ0v) is 16.7. The van der Waals surface area contributed by atoms with E-state index in [1.54, 1.807) is 6.21 Å². The highest BCUT2D eigenvalue weighted by Gasteiger charge is 2.69. The van der Waals surface area contributed by atoms with Gasteiger partial charge in [0.2, 0.25) is 12.1 Å². The lowest BCUT2D eigenvalue weighted by molar-refractivity contribution is -0.577. The lowest BCUT2D eigenvalue weighted by Crippen LogP contribution is -2.70. The van der Waals surface area contributed by atoms with Gasteiger partial charge < -0.3 is 14.3 Å². The van der Waals surface area contributed by atoms with Gasteiger partial charge in [0, 0.05) is 18.3 Å². The molecule has 4 aliphatic heterocycles. The normalized spacial score (nSPS) is 47.5. The Kier molecular flexibility index (Phi) is 4.51. The van der Waals surface area contributed by atoms with Crippen molar-refractivity contribution in [3.8, 4) is 0 Å². The molecule has 5 unspecified atom stereocenters. The zero-order valence-electron chi connectivity index (χ0n) is 16.7. The highest BCUT2D eigenvalue weighted by molar-refractivity contribution is 5.78. The van der Waals surface area contributed by atoms with Crippen molar-refractivity contribution in [3.63, 3.8) is 0 Å². The molecule has 6 nitrogen and oxygen atoms in total. The van der Waals surface area contributed by atoms with Crippen LogP contribution in [0.4, 0.5) is 0 Å². The second-order valence-electron chi connectivity index (χ2n) is 9.02. The highest BCUT2D eigenvalue weighted by Crippen LogP contribution is 2.60. The van der Waals surface area contributed by atoms with E-state index < -0.39 is 24.0 Å². The summed E-state index contributed by atoms with van der Waals surface area (Å²) in [6.45, 7) is 6.41. The molecule has 0 radical (unpaired) electrons. The summed E-state index contributed by atoms with van der Waals surface area (Å²) in [4.78, 5) is 17.8. The molecule has 28 heavy (non-hydrogen) atoms. The van der Waals surface area contributed by atoms with Crippen molar-refractivity contribution >= 4 is 6.21 Å². The van der Waals surface area contributed by atoms with Gasteiger partial charge in [-0.2, -0.15) is 0 Å². The highest BCUT2D eigenvalue weighted by atomic mass is 17.3. The van der Waals surface area contributed by atoms with Gasteiger partial charge in [-0.3, -0.25) is 0 Å². The third-order valence-corrected chi connectivity index (χ3v) is 7.26. The number of oxime groups is 1. The van der Waals surface area contributed by atoms with Crippen LogP contribution < -0.4 is 0 Å². The average molecular weight is 387 g/mol. The molecule has 0 amide bonds. The summed E-state index contributed by atoms with van der Waals surface area (Å²) in [5.74, 6) is 0.504. The minimum Gasteiger partial charge on any atom is -0.363 e. The van der Waals surface area contributed by atoms with Crippen LogP contribution in [0, 0.1) is 23.7 Å². The van der Waals surface area contributed by atoms with Crippen molar-refractivity contribution in [2.45, 2.75) is 70.4 Å². The van der Waals surface area contributed by atoms with Crippen molar-refractivity contribution < 1.29 is 24.1 Å². The predicted octanol–water partition coefficient (Wildman–Crippen LogP) is 4.25. The van der Waals surface area contributed by atoms with Crippen LogP contribution in [-0.4, -0.2) is 30.2 Å². The number of benzene rings is 1. The standard InChI is InChI=1S/C22H29NO5/c1-14-9-10-18-15(2)19(26-23-13-16-7-5-4-6-8-16)24-20-22(18)17(14)11-12-21(3,25-20)27-28-22/h4-8,13-15,17-20H,9-12H2,1-3H3/b23-13+/t14-,15-,17?,18?,19?,20?,21-,22?/m1/s1. The first kappa shape index (κ1) is 18.6. The van der Waals surface area contributed by atoms with Gasteiger partial charge in [-0.25, -0.2) is 9.78 Å². The molecule has 1 aliphatic carbocycles. The van der Waals surface area contributed by atoms with E-state index in [9.17, 15) is 0 Å². The summed E-state index contributed by atoms with van der Waals surface area (Å²) in [5.41, 5.74) is 0.429. The Morgan fingerprint density at radius 2 is 1.89 bits per heavy atom. The Bertz CT molecular complexity index is 742. The summed E-state index contributed by atoms with van der Waals surface area (Å²) in [5, 5.41) is 4.20. The summed E-state index contributed by atoms with van der Waals surface area (Å²) in [7, 11) is 0. The molecular formula is C22H29NO5. The van der Waals surface area contributed by atoms with Crippen molar-refractivity contribution in [2.75, 3.05) is 0 Å². The molecule has 1 aromatic carbocycles. The van der Waals surface area contributed by atoms with Crippen LogP contribution in [0.25, 0.3) is 0 Å². The van der Waals surface area contributed by atoms with E-state index in [2.05, 4.69) is 19.0 Å². The Morgan fingerprint density at radius 1 is 1.07 bits per heavy atom. The first-order valence-electron chi connectivity index (χ1n) is 10.5. The van der Waals surface area contributed by atoms with Gasteiger partial charge >= 0.3 is 0 Å². The SMILES string of the molecule is C[C@H]1C(O/N=C/c2ccccc2)OC2O[C@@]3(C)CCC4[C@H](C)CCC1C24OO3. The van der Waals surface area contributed by atoms with Gasteiger partial charge in [0.1, 0.15) is 0 Å². The molecule has 1 saturated carbocycles. The molecule has 1 spiro atoms. The molecule has 2 bridgehead atoms. The maximum atomic E-state index is 6.33. The van der Waals surface area contributed by atoms with E-state index in [-0.39, 0.29) is 11.8 Å². The lowest BCUT2D eigenvalue weighted by atomic mass is 9.58. The quantitative estimate of drug-likeness (QED) is 0.441. The van der Waals surface area contributed by atoms with Gasteiger partial charge in [-0.1, -0.05) is 49.3 Å².